The van der Waals surface area contributed by atoms with Crippen LogP contribution >= 0.6 is 0 Å². The van der Waals surface area contributed by atoms with E-state index in [2.05, 4.69) is 13.8 Å². The fourth-order valence-electron chi connectivity index (χ4n) is 0.998. The van der Waals surface area contributed by atoms with Crippen molar-refractivity contribution in [2.75, 3.05) is 0 Å². The average molecular weight is 268 g/mol. The van der Waals surface area contributed by atoms with Crippen LogP contribution in [0.3, 0.4) is 0 Å². The maximum absolute atomic E-state index is 10.6. The molecule has 0 heterocycles. The second-order valence-electron chi connectivity index (χ2n) is 3.71. The number of benzene rings is 1. The zero-order chi connectivity index (χ0) is 15.0. The van der Waals surface area contributed by atoms with Gasteiger partial charge in [-0.3, -0.25) is 0 Å². The molecule has 0 spiro atoms. The lowest BCUT2D eigenvalue weighted by Crippen LogP contribution is -2.07. The van der Waals surface area contributed by atoms with Gasteiger partial charge < -0.3 is 15.3 Å². The van der Waals surface area contributed by atoms with E-state index in [0.717, 1.165) is 18.2 Å². The first-order chi connectivity index (χ1) is 8.83. The van der Waals surface area contributed by atoms with Gasteiger partial charge in [-0.15, -0.1) is 0 Å². The number of carboxylic acid groups (broad SMARTS) is 3. The van der Waals surface area contributed by atoms with Gasteiger partial charge in [-0.1, -0.05) is 26.7 Å². The molecule has 6 nitrogen and oxygen atoms in total. The van der Waals surface area contributed by atoms with Crippen molar-refractivity contribution in [2.24, 2.45) is 0 Å². The predicted molar refractivity (Wildman–Crippen MR) is 67.9 cm³/mol. The number of hydrogen-bond donors (Lipinski definition) is 3. The van der Waals surface area contributed by atoms with E-state index in [1.807, 2.05) is 0 Å². The highest BCUT2D eigenvalue weighted by molar-refractivity contribution is 5.98. The van der Waals surface area contributed by atoms with Crippen LogP contribution in [-0.2, 0) is 0 Å². The molecule has 0 bridgehead atoms. The van der Waals surface area contributed by atoms with Gasteiger partial charge in [0, 0.05) is 0 Å². The van der Waals surface area contributed by atoms with Crippen LogP contribution in [0.5, 0.6) is 0 Å². The standard InChI is InChI=1S/C9H6O6.C4H10/c10-7(11)4-1-5(8(12)13)3-6(2-4)9(14)15;1-3-4-2/h1-3H,(H,10,11)(H,12,13)(H,14,15);3-4H2,1-2H3. The Balaban J connectivity index is 0.000000711. The number of rotatable bonds is 4. The molecule has 1 aromatic rings. The molecule has 0 aromatic heterocycles. The molecule has 1 rings (SSSR count). The number of hydrogen-bond acceptors (Lipinski definition) is 3. The van der Waals surface area contributed by atoms with E-state index in [1.165, 1.54) is 12.8 Å². The summed E-state index contributed by atoms with van der Waals surface area (Å²) in [5.41, 5.74) is -1.10. The highest BCUT2D eigenvalue weighted by Gasteiger charge is 2.14. The van der Waals surface area contributed by atoms with E-state index >= 15 is 0 Å². The quantitative estimate of drug-likeness (QED) is 0.773. The Labute approximate surface area is 110 Å². The molecular formula is C13H16O6. The van der Waals surface area contributed by atoms with E-state index in [1.54, 1.807) is 0 Å². The SMILES string of the molecule is CCCC.O=C(O)c1cc(C(=O)O)cc(C(=O)O)c1. The summed E-state index contributed by atoms with van der Waals surface area (Å²) in [5.74, 6) is -4.12. The minimum absolute atomic E-state index is 0.368. The third-order valence-corrected chi connectivity index (χ3v) is 2.17. The van der Waals surface area contributed by atoms with Crippen LogP contribution in [-0.4, -0.2) is 33.2 Å². The van der Waals surface area contributed by atoms with Gasteiger partial charge in [0.05, 0.1) is 16.7 Å². The predicted octanol–water partition coefficient (Wildman–Crippen LogP) is 2.59. The lowest BCUT2D eigenvalue weighted by Gasteiger charge is -2.00. The molecule has 0 amide bonds. The van der Waals surface area contributed by atoms with Crippen molar-refractivity contribution in [3.63, 3.8) is 0 Å². The second-order valence-corrected chi connectivity index (χ2v) is 3.71. The molecule has 0 unspecified atom stereocenters. The van der Waals surface area contributed by atoms with Gasteiger partial charge >= 0.3 is 17.9 Å². The van der Waals surface area contributed by atoms with Crippen LogP contribution in [0.1, 0.15) is 57.8 Å². The first-order valence-corrected chi connectivity index (χ1v) is 5.68. The van der Waals surface area contributed by atoms with Gasteiger partial charge in [0.2, 0.25) is 0 Å². The molecule has 6 heteroatoms. The van der Waals surface area contributed by atoms with E-state index in [-0.39, 0.29) is 16.7 Å². The molecule has 0 atom stereocenters. The van der Waals surface area contributed by atoms with Crippen LogP contribution in [0.2, 0.25) is 0 Å². The highest BCUT2D eigenvalue weighted by atomic mass is 16.4. The molecule has 3 N–H and O–H groups in total. The summed E-state index contributed by atoms with van der Waals surface area (Å²) < 4.78 is 0. The van der Waals surface area contributed by atoms with Crippen LogP contribution in [0, 0.1) is 0 Å². The van der Waals surface area contributed by atoms with Gasteiger partial charge in [0.15, 0.2) is 0 Å². The number of carboxylic acids is 3. The highest BCUT2D eigenvalue weighted by Crippen LogP contribution is 2.11. The third-order valence-electron chi connectivity index (χ3n) is 2.17. The Morgan fingerprint density at radius 2 is 0.947 bits per heavy atom. The maximum atomic E-state index is 10.6. The van der Waals surface area contributed by atoms with Gasteiger partial charge in [-0.2, -0.15) is 0 Å². The number of carbonyl (C=O) groups is 3. The zero-order valence-electron chi connectivity index (χ0n) is 10.7. The summed E-state index contributed by atoms with van der Waals surface area (Å²) in [7, 11) is 0. The van der Waals surface area contributed by atoms with Crippen molar-refractivity contribution < 1.29 is 29.7 Å². The molecule has 0 aliphatic rings. The Morgan fingerprint density at radius 3 is 1.05 bits per heavy atom. The van der Waals surface area contributed by atoms with Gasteiger partial charge in [-0.25, -0.2) is 14.4 Å². The van der Waals surface area contributed by atoms with Crippen molar-refractivity contribution in [2.45, 2.75) is 26.7 Å². The minimum atomic E-state index is -1.37. The molecule has 0 aliphatic heterocycles. The van der Waals surface area contributed by atoms with Crippen LogP contribution in [0.4, 0.5) is 0 Å². The summed E-state index contributed by atoms with van der Waals surface area (Å²) in [6.45, 7) is 4.36. The van der Waals surface area contributed by atoms with Gasteiger partial charge in [0.1, 0.15) is 0 Å². The minimum Gasteiger partial charge on any atom is -0.478 e. The molecular weight excluding hydrogens is 252 g/mol. The maximum Gasteiger partial charge on any atom is 0.335 e. The summed E-state index contributed by atoms with van der Waals surface area (Å²) in [6.07, 6.45) is 2.64. The van der Waals surface area contributed by atoms with E-state index in [9.17, 15) is 14.4 Å². The topological polar surface area (TPSA) is 112 Å². The average Bonchev–Trinajstić information content (AvgIpc) is 2.38. The second kappa shape index (κ2) is 7.86. The van der Waals surface area contributed by atoms with Crippen molar-refractivity contribution in [1.29, 1.82) is 0 Å². The summed E-state index contributed by atoms with van der Waals surface area (Å²) in [5, 5.41) is 25.8. The third kappa shape index (κ3) is 5.67. The van der Waals surface area contributed by atoms with Crippen LogP contribution < -0.4 is 0 Å². The van der Waals surface area contributed by atoms with Crippen molar-refractivity contribution in [3.05, 3.63) is 34.9 Å². The van der Waals surface area contributed by atoms with Crippen LogP contribution in [0.15, 0.2) is 18.2 Å². The largest absolute Gasteiger partial charge is 0.478 e. The van der Waals surface area contributed by atoms with Gasteiger partial charge in [0.25, 0.3) is 0 Å². The first kappa shape index (κ1) is 16.6. The van der Waals surface area contributed by atoms with Crippen molar-refractivity contribution in [3.8, 4) is 0 Å². The first-order valence-electron chi connectivity index (χ1n) is 5.68. The molecule has 19 heavy (non-hydrogen) atoms. The normalized spacial score (nSPS) is 9.16. The van der Waals surface area contributed by atoms with E-state index in [0.29, 0.717) is 0 Å². The Hall–Kier alpha value is -2.37. The monoisotopic (exact) mass is 268 g/mol. The summed E-state index contributed by atoms with van der Waals surface area (Å²) >= 11 is 0. The summed E-state index contributed by atoms with van der Waals surface area (Å²) in [4.78, 5) is 31.7. The molecule has 0 radical (unpaired) electrons. The van der Waals surface area contributed by atoms with E-state index in [4.69, 9.17) is 15.3 Å². The smallest absolute Gasteiger partial charge is 0.335 e. The Kier molecular flexibility index (Phi) is 6.88. The fraction of sp³-hybridized carbons (Fsp3) is 0.308. The number of aromatic carboxylic acids is 3. The fourth-order valence-corrected chi connectivity index (χ4v) is 0.998. The van der Waals surface area contributed by atoms with Crippen molar-refractivity contribution >= 4 is 17.9 Å². The zero-order valence-corrected chi connectivity index (χ0v) is 10.7. The molecule has 0 saturated carbocycles. The molecule has 0 saturated heterocycles. The molecule has 1 aromatic carbocycles. The lowest BCUT2D eigenvalue weighted by molar-refractivity contribution is 0.0696. The molecule has 0 fully saturated rings. The number of unbranched alkanes of at least 4 members (excludes halogenated alkanes) is 1. The van der Waals surface area contributed by atoms with E-state index < -0.39 is 17.9 Å². The van der Waals surface area contributed by atoms with Gasteiger partial charge in [-0.05, 0) is 18.2 Å². The lowest BCUT2D eigenvalue weighted by atomic mass is 10.1. The van der Waals surface area contributed by atoms with Crippen LogP contribution in [0.25, 0.3) is 0 Å². The Bertz CT molecular complexity index is 397. The molecule has 0 aliphatic carbocycles. The summed E-state index contributed by atoms with van der Waals surface area (Å²) in [6, 6.07) is 2.70. The Morgan fingerprint density at radius 1 is 0.737 bits per heavy atom. The van der Waals surface area contributed by atoms with Crippen molar-refractivity contribution in [1.82, 2.24) is 0 Å². The molecule has 104 valence electrons.